The van der Waals surface area contributed by atoms with Crippen molar-refractivity contribution in [2.24, 2.45) is 23.7 Å². The summed E-state index contributed by atoms with van der Waals surface area (Å²) in [5, 5.41) is 10.2. The second kappa shape index (κ2) is 12.9. The number of Topliss-reactive ketones (excluding diaryl/α,β-unsaturated/α-hetero) is 1. The van der Waals surface area contributed by atoms with Crippen molar-refractivity contribution in [1.29, 1.82) is 0 Å². The third-order valence-electron chi connectivity index (χ3n) is 9.02. The molecule has 0 radical (unpaired) electrons. The second-order valence-corrected chi connectivity index (χ2v) is 11.0. The van der Waals surface area contributed by atoms with E-state index in [1.54, 1.807) is 19.1 Å². The van der Waals surface area contributed by atoms with Crippen LogP contribution in [0.4, 0.5) is 4.39 Å². The van der Waals surface area contributed by atoms with Crippen molar-refractivity contribution in [3.8, 4) is 5.75 Å². The first kappa shape index (κ1) is 26.2. The maximum absolute atomic E-state index is 14.8. The molecule has 0 heterocycles. The van der Waals surface area contributed by atoms with Gasteiger partial charge >= 0.3 is 0 Å². The molecule has 0 aromatic heterocycles. The van der Waals surface area contributed by atoms with Gasteiger partial charge in [-0.3, -0.25) is 4.79 Å². The Kier molecular flexibility index (Phi) is 10.3. The Bertz CT molecular complexity index is 742. The molecule has 0 spiro atoms. The normalized spacial score (nSPS) is 26.8. The second-order valence-electron chi connectivity index (χ2n) is 11.0. The molecule has 186 valence electrons. The van der Waals surface area contributed by atoms with E-state index < -0.39 is 11.6 Å². The van der Waals surface area contributed by atoms with Gasteiger partial charge in [-0.15, -0.1) is 0 Å². The average molecular weight is 459 g/mol. The molecule has 1 unspecified atom stereocenters. The van der Waals surface area contributed by atoms with E-state index in [-0.39, 0.29) is 23.7 Å². The number of rotatable bonds is 11. The molecule has 1 atom stereocenters. The maximum Gasteiger partial charge on any atom is 0.169 e. The molecule has 0 bridgehead atoms. The van der Waals surface area contributed by atoms with Gasteiger partial charge in [0.2, 0.25) is 0 Å². The summed E-state index contributed by atoms with van der Waals surface area (Å²) < 4.78 is 14.8. The molecule has 1 N–H and O–H groups in total. The summed E-state index contributed by atoms with van der Waals surface area (Å²) in [4.78, 5) is 11.9. The SMILES string of the molecule is CCCC1CCC(C(CC)CCCC2CCC(c3ccc(C(=O)CC)c(O)c3F)CC2)CC1. The van der Waals surface area contributed by atoms with Crippen molar-refractivity contribution in [1.82, 2.24) is 0 Å². The van der Waals surface area contributed by atoms with Crippen LogP contribution in [-0.4, -0.2) is 10.9 Å². The maximum atomic E-state index is 14.8. The van der Waals surface area contributed by atoms with Crippen LogP contribution in [0.3, 0.4) is 0 Å². The molecule has 2 aliphatic rings. The van der Waals surface area contributed by atoms with Gasteiger partial charge in [0.15, 0.2) is 17.3 Å². The van der Waals surface area contributed by atoms with Crippen LogP contribution in [0.15, 0.2) is 12.1 Å². The summed E-state index contributed by atoms with van der Waals surface area (Å²) in [6, 6.07) is 3.36. The molecule has 0 saturated heterocycles. The first-order chi connectivity index (χ1) is 16.0. The molecule has 1 aromatic carbocycles. The number of benzene rings is 1. The first-order valence-corrected chi connectivity index (χ1v) is 14.0. The summed E-state index contributed by atoms with van der Waals surface area (Å²) in [6.45, 7) is 6.44. The quantitative estimate of drug-likeness (QED) is 0.335. The zero-order valence-electron chi connectivity index (χ0n) is 21.4. The van der Waals surface area contributed by atoms with Crippen LogP contribution in [0.2, 0.25) is 0 Å². The molecule has 1 aromatic rings. The van der Waals surface area contributed by atoms with E-state index in [1.165, 1.54) is 64.2 Å². The van der Waals surface area contributed by atoms with Crippen molar-refractivity contribution in [2.45, 2.75) is 123 Å². The van der Waals surface area contributed by atoms with E-state index in [9.17, 15) is 14.3 Å². The molecule has 2 saturated carbocycles. The van der Waals surface area contributed by atoms with Crippen molar-refractivity contribution in [3.05, 3.63) is 29.1 Å². The number of hydrogen-bond acceptors (Lipinski definition) is 2. The third-order valence-corrected chi connectivity index (χ3v) is 9.02. The van der Waals surface area contributed by atoms with Crippen molar-refractivity contribution in [3.63, 3.8) is 0 Å². The zero-order chi connectivity index (χ0) is 23.8. The molecule has 2 nitrogen and oxygen atoms in total. The fourth-order valence-electron chi connectivity index (χ4n) is 6.87. The number of halogens is 1. The number of carbonyl (C=O) groups excluding carboxylic acids is 1. The van der Waals surface area contributed by atoms with E-state index in [2.05, 4.69) is 13.8 Å². The summed E-state index contributed by atoms with van der Waals surface area (Å²) in [7, 11) is 0. The highest BCUT2D eigenvalue weighted by Crippen LogP contribution is 2.42. The van der Waals surface area contributed by atoms with Gasteiger partial charge < -0.3 is 5.11 Å². The van der Waals surface area contributed by atoms with Crippen LogP contribution >= 0.6 is 0 Å². The van der Waals surface area contributed by atoms with Gasteiger partial charge in [-0.2, -0.15) is 0 Å². The van der Waals surface area contributed by atoms with E-state index in [0.717, 1.165) is 49.4 Å². The van der Waals surface area contributed by atoms with Gasteiger partial charge in [0, 0.05) is 6.42 Å². The van der Waals surface area contributed by atoms with E-state index >= 15 is 0 Å². The minimum absolute atomic E-state index is 0.122. The third kappa shape index (κ3) is 6.83. The Labute approximate surface area is 201 Å². The van der Waals surface area contributed by atoms with Gasteiger partial charge in [-0.1, -0.05) is 78.2 Å². The minimum Gasteiger partial charge on any atom is -0.504 e. The fraction of sp³-hybridized carbons (Fsp3) is 0.767. The Morgan fingerprint density at radius 2 is 1.61 bits per heavy atom. The Morgan fingerprint density at radius 1 is 0.970 bits per heavy atom. The summed E-state index contributed by atoms with van der Waals surface area (Å²) in [6.07, 6.45) is 18.5. The molecule has 2 aliphatic carbocycles. The van der Waals surface area contributed by atoms with Gasteiger partial charge in [0.1, 0.15) is 0 Å². The highest BCUT2D eigenvalue weighted by molar-refractivity contribution is 5.98. The lowest BCUT2D eigenvalue weighted by Gasteiger charge is -2.34. The molecule has 0 aliphatic heterocycles. The molecule has 3 heteroatoms. The predicted molar refractivity (Wildman–Crippen MR) is 135 cm³/mol. The molecule has 0 amide bonds. The molecular weight excluding hydrogens is 411 g/mol. The van der Waals surface area contributed by atoms with Crippen LogP contribution in [0.1, 0.15) is 139 Å². The summed E-state index contributed by atoms with van der Waals surface area (Å²) in [5.41, 5.74) is 0.722. The van der Waals surface area contributed by atoms with Gasteiger partial charge in [0.25, 0.3) is 0 Å². The highest BCUT2D eigenvalue weighted by atomic mass is 19.1. The number of carbonyl (C=O) groups is 1. The lowest BCUT2D eigenvalue weighted by atomic mass is 9.72. The average Bonchev–Trinajstić information content (AvgIpc) is 2.84. The fourth-order valence-corrected chi connectivity index (χ4v) is 6.87. The predicted octanol–water partition coefficient (Wildman–Crippen LogP) is 9.20. The van der Waals surface area contributed by atoms with Crippen LogP contribution in [0.5, 0.6) is 5.75 Å². The number of phenols is 1. The number of phenolic OH excluding ortho intramolecular Hbond substituents is 1. The van der Waals surface area contributed by atoms with Crippen molar-refractivity contribution >= 4 is 5.78 Å². The van der Waals surface area contributed by atoms with Crippen LogP contribution in [0, 0.1) is 29.5 Å². The highest BCUT2D eigenvalue weighted by Gasteiger charge is 2.28. The Balaban J connectivity index is 1.42. The standard InChI is InChI=1S/C30H47FO2/c1-4-8-21-11-15-24(16-12-21)23(5-2)10-7-9-22-13-17-25(18-14-22)26-19-20-27(28(32)6-3)30(33)29(26)31/h19-25,33H,4-18H2,1-3H3. The number of hydrogen-bond donors (Lipinski definition) is 1. The number of aromatic hydroxyl groups is 1. The van der Waals surface area contributed by atoms with E-state index in [4.69, 9.17) is 0 Å². The topological polar surface area (TPSA) is 37.3 Å². The van der Waals surface area contributed by atoms with Crippen LogP contribution in [-0.2, 0) is 0 Å². The monoisotopic (exact) mass is 458 g/mol. The summed E-state index contributed by atoms with van der Waals surface area (Å²) in [5.74, 6) is 2.56. The Morgan fingerprint density at radius 3 is 2.21 bits per heavy atom. The van der Waals surface area contributed by atoms with E-state index in [1.807, 2.05) is 0 Å². The lowest BCUT2D eigenvalue weighted by molar-refractivity contribution is 0.0984. The zero-order valence-corrected chi connectivity index (χ0v) is 21.4. The van der Waals surface area contributed by atoms with Gasteiger partial charge in [0.05, 0.1) is 5.56 Å². The van der Waals surface area contributed by atoms with Crippen molar-refractivity contribution in [2.75, 3.05) is 0 Å². The van der Waals surface area contributed by atoms with Crippen molar-refractivity contribution < 1.29 is 14.3 Å². The largest absolute Gasteiger partial charge is 0.504 e. The number of ketones is 1. The van der Waals surface area contributed by atoms with E-state index in [0.29, 0.717) is 5.56 Å². The molecular formula is C30H47FO2. The Hall–Kier alpha value is -1.38. The lowest BCUT2D eigenvalue weighted by Crippen LogP contribution is -2.22. The molecule has 3 rings (SSSR count). The van der Waals surface area contributed by atoms with Crippen LogP contribution < -0.4 is 0 Å². The first-order valence-electron chi connectivity index (χ1n) is 14.0. The van der Waals surface area contributed by atoms with Crippen LogP contribution in [0.25, 0.3) is 0 Å². The molecule has 33 heavy (non-hydrogen) atoms. The summed E-state index contributed by atoms with van der Waals surface area (Å²) >= 11 is 0. The molecule has 2 fully saturated rings. The minimum atomic E-state index is -0.572. The smallest absolute Gasteiger partial charge is 0.169 e. The van der Waals surface area contributed by atoms with Gasteiger partial charge in [-0.05, 0) is 79.7 Å². The van der Waals surface area contributed by atoms with Gasteiger partial charge in [-0.25, -0.2) is 4.39 Å².